The number of nitrogens with zero attached hydrogens (tertiary/aromatic N) is 1. The van der Waals surface area contributed by atoms with Crippen molar-refractivity contribution in [3.8, 4) is 45.0 Å². The molecule has 3 nitrogen and oxygen atoms in total. The zero-order valence-corrected chi connectivity index (χ0v) is 18.0. The van der Waals surface area contributed by atoms with Crippen LogP contribution in [0.4, 0.5) is 5.69 Å². The number of hydrogen-bond donors (Lipinski definition) is 2. The molecule has 5 aromatic rings. The fraction of sp³-hybridized carbons (Fsp3) is 0.100. The molecule has 0 aliphatic carbocycles. The molecule has 0 unspecified atom stereocenters. The Morgan fingerprint density at radius 2 is 1.27 bits per heavy atom. The lowest BCUT2D eigenvalue weighted by Gasteiger charge is -2.10. The SMILES string of the molecule is C.CCNc1cccc(-c2ccccc2-c2nc(-c3ccccc3)c(-c3ccccc3)[nH]2)c1. The summed E-state index contributed by atoms with van der Waals surface area (Å²) in [6, 6.07) is 37.7. The average Bonchev–Trinajstić information content (AvgIpc) is 3.31. The minimum absolute atomic E-state index is 0. The number of imidazole rings is 1. The van der Waals surface area contributed by atoms with Gasteiger partial charge in [0.05, 0.1) is 11.4 Å². The van der Waals surface area contributed by atoms with Crippen LogP contribution >= 0.6 is 0 Å². The van der Waals surface area contributed by atoms with Crippen LogP contribution in [-0.4, -0.2) is 16.5 Å². The molecule has 0 bridgehead atoms. The van der Waals surface area contributed by atoms with Crippen LogP contribution in [0.15, 0.2) is 109 Å². The molecule has 33 heavy (non-hydrogen) atoms. The molecule has 1 heterocycles. The van der Waals surface area contributed by atoms with Crippen molar-refractivity contribution in [1.29, 1.82) is 0 Å². The predicted octanol–water partition coefficient (Wildman–Crippen LogP) is 8.15. The van der Waals surface area contributed by atoms with Crippen LogP contribution in [0.5, 0.6) is 0 Å². The van der Waals surface area contributed by atoms with Gasteiger partial charge in [-0.25, -0.2) is 4.98 Å². The van der Waals surface area contributed by atoms with E-state index < -0.39 is 0 Å². The summed E-state index contributed by atoms with van der Waals surface area (Å²) in [6.07, 6.45) is 0. The molecule has 0 aliphatic rings. The van der Waals surface area contributed by atoms with Crippen molar-refractivity contribution in [2.75, 3.05) is 11.9 Å². The third-order valence-electron chi connectivity index (χ3n) is 5.55. The Labute approximate surface area is 196 Å². The fourth-order valence-corrected chi connectivity index (χ4v) is 4.06. The maximum atomic E-state index is 5.10. The molecule has 0 atom stereocenters. The van der Waals surface area contributed by atoms with E-state index in [1.165, 1.54) is 0 Å². The number of H-pyrrole nitrogens is 1. The van der Waals surface area contributed by atoms with Gasteiger partial charge in [0.2, 0.25) is 0 Å². The number of aromatic nitrogens is 2. The second kappa shape index (κ2) is 10.0. The van der Waals surface area contributed by atoms with Crippen LogP contribution in [-0.2, 0) is 0 Å². The van der Waals surface area contributed by atoms with Crippen LogP contribution < -0.4 is 5.32 Å². The van der Waals surface area contributed by atoms with Gasteiger partial charge in [0, 0.05) is 28.9 Å². The monoisotopic (exact) mass is 431 g/mol. The first-order valence-electron chi connectivity index (χ1n) is 11.0. The molecule has 3 heteroatoms. The number of nitrogens with one attached hydrogen (secondary N) is 2. The van der Waals surface area contributed by atoms with Gasteiger partial charge in [-0.2, -0.15) is 0 Å². The lowest BCUT2D eigenvalue weighted by molar-refractivity contribution is 1.21. The molecule has 0 spiro atoms. The number of benzene rings is 4. The van der Waals surface area contributed by atoms with Gasteiger partial charge in [-0.05, 0) is 30.2 Å². The molecule has 0 radical (unpaired) electrons. The Bertz CT molecular complexity index is 1260. The highest BCUT2D eigenvalue weighted by molar-refractivity contribution is 5.86. The van der Waals surface area contributed by atoms with E-state index in [1.54, 1.807) is 0 Å². The van der Waals surface area contributed by atoms with E-state index in [1.807, 2.05) is 12.1 Å². The summed E-state index contributed by atoms with van der Waals surface area (Å²) in [7, 11) is 0. The molecule has 0 saturated carbocycles. The van der Waals surface area contributed by atoms with E-state index in [0.717, 1.165) is 57.3 Å². The number of hydrogen-bond acceptors (Lipinski definition) is 2. The van der Waals surface area contributed by atoms with E-state index in [0.29, 0.717) is 0 Å². The lowest BCUT2D eigenvalue weighted by atomic mass is 9.99. The largest absolute Gasteiger partial charge is 0.385 e. The van der Waals surface area contributed by atoms with Gasteiger partial charge in [-0.1, -0.05) is 104 Å². The molecule has 0 fully saturated rings. The van der Waals surface area contributed by atoms with Gasteiger partial charge in [0.15, 0.2) is 0 Å². The van der Waals surface area contributed by atoms with Crippen LogP contribution in [0, 0.1) is 0 Å². The number of aromatic amines is 1. The van der Waals surface area contributed by atoms with Crippen LogP contribution in [0.3, 0.4) is 0 Å². The average molecular weight is 432 g/mol. The maximum absolute atomic E-state index is 5.10. The van der Waals surface area contributed by atoms with Crippen LogP contribution in [0.1, 0.15) is 14.4 Å². The Kier molecular flexibility index (Phi) is 6.70. The predicted molar refractivity (Wildman–Crippen MR) is 141 cm³/mol. The lowest BCUT2D eigenvalue weighted by Crippen LogP contribution is -1.96. The number of rotatable bonds is 6. The second-order valence-corrected chi connectivity index (χ2v) is 7.70. The zero-order chi connectivity index (χ0) is 21.8. The third-order valence-corrected chi connectivity index (χ3v) is 5.55. The Morgan fingerprint density at radius 3 is 1.97 bits per heavy atom. The first-order chi connectivity index (χ1) is 15.8. The van der Waals surface area contributed by atoms with Crippen molar-refractivity contribution in [3.05, 3.63) is 109 Å². The molecule has 2 N–H and O–H groups in total. The Morgan fingerprint density at radius 1 is 0.667 bits per heavy atom. The minimum Gasteiger partial charge on any atom is -0.385 e. The van der Waals surface area contributed by atoms with Crippen LogP contribution in [0.2, 0.25) is 0 Å². The smallest absolute Gasteiger partial charge is 0.139 e. The summed E-state index contributed by atoms with van der Waals surface area (Å²) >= 11 is 0. The molecular weight excluding hydrogens is 402 g/mol. The quantitative estimate of drug-likeness (QED) is 0.285. The van der Waals surface area contributed by atoms with E-state index in [2.05, 4.69) is 114 Å². The van der Waals surface area contributed by atoms with Gasteiger partial charge in [0.25, 0.3) is 0 Å². The third kappa shape index (κ3) is 4.58. The number of anilines is 1. The molecule has 4 aromatic carbocycles. The first kappa shape index (κ1) is 22.1. The fourth-order valence-electron chi connectivity index (χ4n) is 4.06. The van der Waals surface area contributed by atoms with Gasteiger partial charge >= 0.3 is 0 Å². The van der Waals surface area contributed by atoms with E-state index in [4.69, 9.17) is 4.98 Å². The summed E-state index contributed by atoms with van der Waals surface area (Å²) in [5, 5.41) is 3.41. The van der Waals surface area contributed by atoms with E-state index in [-0.39, 0.29) is 7.43 Å². The van der Waals surface area contributed by atoms with Gasteiger partial charge in [0.1, 0.15) is 5.82 Å². The molecule has 1 aromatic heterocycles. The Balaban J connectivity index is 0.00000259. The summed E-state index contributed by atoms with van der Waals surface area (Å²) in [5.74, 6) is 0.868. The summed E-state index contributed by atoms with van der Waals surface area (Å²) in [4.78, 5) is 8.74. The molecule has 0 saturated heterocycles. The molecule has 5 rings (SSSR count). The normalized spacial score (nSPS) is 10.5. The highest BCUT2D eigenvalue weighted by Gasteiger charge is 2.17. The van der Waals surface area contributed by atoms with Crippen molar-refractivity contribution >= 4 is 5.69 Å². The van der Waals surface area contributed by atoms with Gasteiger partial charge < -0.3 is 10.3 Å². The maximum Gasteiger partial charge on any atom is 0.139 e. The summed E-state index contributed by atoms with van der Waals surface area (Å²) in [6.45, 7) is 3.00. The second-order valence-electron chi connectivity index (χ2n) is 7.70. The summed E-state index contributed by atoms with van der Waals surface area (Å²) in [5.41, 5.74) is 8.73. The van der Waals surface area contributed by atoms with Crippen LogP contribution in [0.25, 0.3) is 45.0 Å². The molecular formula is C30H29N3. The van der Waals surface area contributed by atoms with E-state index in [9.17, 15) is 0 Å². The highest BCUT2D eigenvalue weighted by Crippen LogP contribution is 2.37. The van der Waals surface area contributed by atoms with Gasteiger partial charge in [-0.15, -0.1) is 0 Å². The summed E-state index contributed by atoms with van der Waals surface area (Å²) < 4.78 is 0. The molecule has 164 valence electrons. The van der Waals surface area contributed by atoms with Gasteiger partial charge in [-0.3, -0.25) is 0 Å². The first-order valence-corrected chi connectivity index (χ1v) is 11.0. The van der Waals surface area contributed by atoms with Crippen molar-refractivity contribution in [2.24, 2.45) is 0 Å². The topological polar surface area (TPSA) is 40.7 Å². The standard InChI is InChI=1S/C29H25N3.CH4/c1-2-30-24-17-11-16-23(20-24)25-18-9-10-19-26(25)29-31-27(21-12-5-3-6-13-21)28(32-29)22-14-7-4-8-15-22;/h3-20,30H,2H2,1H3,(H,31,32);1H4. The Hall–Kier alpha value is -4.11. The van der Waals surface area contributed by atoms with Crippen molar-refractivity contribution < 1.29 is 0 Å². The van der Waals surface area contributed by atoms with Crippen molar-refractivity contribution in [2.45, 2.75) is 14.4 Å². The molecule has 0 amide bonds. The van der Waals surface area contributed by atoms with Crippen molar-refractivity contribution in [1.82, 2.24) is 9.97 Å². The molecule has 0 aliphatic heterocycles. The minimum atomic E-state index is 0. The van der Waals surface area contributed by atoms with Crippen molar-refractivity contribution in [3.63, 3.8) is 0 Å². The highest BCUT2D eigenvalue weighted by atomic mass is 14.9. The van der Waals surface area contributed by atoms with E-state index >= 15 is 0 Å². The zero-order valence-electron chi connectivity index (χ0n) is 18.0.